The van der Waals surface area contributed by atoms with Crippen LogP contribution in [0.4, 0.5) is 0 Å². The number of rotatable bonds is 5. The van der Waals surface area contributed by atoms with Crippen LogP contribution in [-0.4, -0.2) is 27.7 Å². The summed E-state index contributed by atoms with van der Waals surface area (Å²) in [6.45, 7) is 4.30. The van der Waals surface area contributed by atoms with Gasteiger partial charge in [0.25, 0.3) is 0 Å². The van der Waals surface area contributed by atoms with E-state index < -0.39 is 5.60 Å². The van der Waals surface area contributed by atoms with Crippen molar-refractivity contribution < 1.29 is 9.90 Å². The molecule has 2 N–H and O–H groups in total. The van der Waals surface area contributed by atoms with Gasteiger partial charge in [-0.05, 0) is 38.5 Å². The van der Waals surface area contributed by atoms with Crippen molar-refractivity contribution in [1.29, 1.82) is 0 Å². The molecule has 1 amide bonds. The van der Waals surface area contributed by atoms with Crippen LogP contribution in [0.1, 0.15) is 44.7 Å². The van der Waals surface area contributed by atoms with Crippen molar-refractivity contribution >= 4 is 17.2 Å². The third kappa shape index (κ3) is 4.17. The van der Waals surface area contributed by atoms with Crippen molar-refractivity contribution in [2.45, 2.75) is 58.1 Å². The molecule has 118 valence electrons. The lowest BCUT2D eigenvalue weighted by atomic mass is 9.78. The number of carbonyl (C=O) groups is 1. The molecule has 1 aromatic heterocycles. The number of amides is 1. The molecular weight excluding hydrogens is 288 g/mol. The zero-order valence-corrected chi connectivity index (χ0v) is 13.5. The third-order valence-corrected chi connectivity index (χ3v) is 5.39. The minimum Gasteiger partial charge on any atom is -0.388 e. The molecule has 0 unspecified atom stereocenters. The van der Waals surface area contributed by atoms with E-state index in [1.54, 1.807) is 5.38 Å². The average Bonchev–Trinajstić information content (AvgIpc) is 2.78. The zero-order chi connectivity index (χ0) is 15.5. The Morgan fingerprint density at radius 3 is 2.71 bits per heavy atom. The highest BCUT2D eigenvalue weighted by Gasteiger charge is 2.32. The van der Waals surface area contributed by atoms with Crippen LogP contribution in [0.3, 0.4) is 0 Å². The fourth-order valence-electron chi connectivity index (χ4n) is 2.86. The first-order chi connectivity index (χ1) is 9.93. The number of carbonyl (C=O) groups excluding carboxylic acids is 1. The molecule has 1 heterocycles. The highest BCUT2D eigenvalue weighted by atomic mass is 32.1. The molecule has 1 aromatic rings. The number of aromatic nitrogens is 1. The van der Waals surface area contributed by atoms with E-state index in [2.05, 4.69) is 12.2 Å². The lowest BCUT2D eigenvalue weighted by Crippen LogP contribution is -2.46. The van der Waals surface area contributed by atoms with E-state index in [1.807, 2.05) is 6.92 Å². The van der Waals surface area contributed by atoms with Gasteiger partial charge in [0.15, 0.2) is 0 Å². The molecule has 1 saturated carbocycles. The fourth-order valence-corrected chi connectivity index (χ4v) is 3.59. The van der Waals surface area contributed by atoms with E-state index in [4.69, 9.17) is 0 Å². The van der Waals surface area contributed by atoms with Gasteiger partial charge in [-0.15, -0.1) is 0 Å². The van der Waals surface area contributed by atoms with Crippen molar-refractivity contribution in [2.75, 3.05) is 6.54 Å². The first-order valence-corrected chi connectivity index (χ1v) is 8.45. The van der Waals surface area contributed by atoms with Crippen LogP contribution in [0.15, 0.2) is 10.2 Å². The normalized spacial score (nSPS) is 25.8. The van der Waals surface area contributed by atoms with Crippen LogP contribution < -0.4 is 10.2 Å². The Balaban J connectivity index is 1.83. The summed E-state index contributed by atoms with van der Waals surface area (Å²) in [5, 5.41) is 15.0. The van der Waals surface area contributed by atoms with Crippen molar-refractivity contribution in [1.82, 2.24) is 9.88 Å². The number of nitrogens with one attached hydrogen (secondary N) is 1. The van der Waals surface area contributed by atoms with Gasteiger partial charge >= 0.3 is 4.87 Å². The highest BCUT2D eigenvalue weighted by Crippen LogP contribution is 2.33. The summed E-state index contributed by atoms with van der Waals surface area (Å²) in [5.41, 5.74) is 0.0120. The van der Waals surface area contributed by atoms with Gasteiger partial charge in [0.2, 0.25) is 5.91 Å². The summed E-state index contributed by atoms with van der Waals surface area (Å²) in [7, 11) is 0. The SMILES string of the molecule is CCC1CCC(O)(CNC(=O)Cn2c(C)csc2=O)CC1. The summed E-state index contributed by atoms with van der Waals surface area (Å²) in [6, 6.07) is 0. The molecule has 0 aliphatic heterocycles. The van der Waals surface area contributed by atoms with Gasteiger partial charge in [0.05, 0.1) is 5.60 Å². The smallest absolute Gasteiger partial charge is 0.307 e. The van der Waals surface area contributed by atoms with E-state index in [1.165, 1.54) is 4.57 Å². The molecule has 5 nitrogen and oxygen atoms in total. The fraction of sp³-hybridized carbons (Fsp3) is 0.733. The minimum atomic E-state index is -0.782. The number of aliphatic hydroxyl groups is 1. The Bertz CT molecular complexity index is 541. The Morgan fingerprint density at radius 2 is 2.19 bits per heavy atom. The molecule has 1 aliphatic carbocycles. The Morgan fingerprint density at radius 1 is 1.52 bits per heavy atom. The van der Waals surface area contributed by atoms with E-state index in [0.717, 1.165) is 49.1 Å². The summed E-state index contributed by atoms with van der Waals surface area (Å²) in [6.07, 6.45) is 4.67. The molecule has 0 radical (unpaired) electrons. The Hall–Kier alpha value is -1.14. The van der Waals surface area contributed by atoms with Gasteiger partial charge in [-0.2, -0.15) is 0 Å². The topological polar surface area (TPSA) is 71.3 Å². The molecule has 0 aromatic carbocycles. The summed E-state index contributed by atoms with van der Waals surface area (Å²) >= 11 is 1.10. The number of aryl methyl sites for hydroxylation is 1. The van der Waals surface area contributed by atoms with Crippen LogP contribution >= 0.6 is 11.3 Å². The molecule has 1 aliphatic rings. The quantitative estimate of drug-likeness (QED) is 0.869. The number of hydrogen-bond donors (Lipinski definition) is 2. The highest BCUT2D eigenvalue weighted by molar-refractivity contribution is 7.07. The first-order valence-electron chi connectivity index (χ1n) is 7.57. The van der Waals surface area contributed by atoms with Gasteiger partial charge in [0, 0.05) is 17.6 Å². The molecule has 0 spiro atoms. The predicted molar refractivity (Wildman–Crippen MR) is 83.5 cm³/mol. The van der Waals surface area contributed by atoms with Crippen LogP contribution in [0.2, 0.25) is 0 Å². The molecule has 21 heavy (non-hydrogen) atoms. The third-order valence-electron chi connectivity index (χ3n) is 4.51. The van der Waals surface area contributed by atoms with Crippen molar-refractivity contribution in [3.05, 3.63) is 20.7 Å². The lowest BCUT2D eigenvalue weighted by molar-refractivity contribution is -0.123. The second-order valence-corrected chi connectivity index (χ2v) is 6.90. The van der Waals surface area contributed by atoms with Crippen LogP contribution in [0.5, 0.6) is 0 Å². The van der Waals surface area contributed by atoms with Gasteiger partial charge in [-0.1, -0.05) is 24.7 Å². The zero-order valence-electron chi connectivity index (χ0n) is 12.7. The summed E-state index contributed by atoms with van der Waals surface area (Å²) in [5.74, 6) is 0.484. The number of thiazole rings is 1. The second kappa shape index (κ2) is 6.75. The molecule has 0 atom stereocenters. The van der Waals surface area contributed by atoms with E-state index in [9.17, 15) is 14.7 Å². The Kier molecular flexibility index (Phi) is 5.22. The standard InChI is InChI=1S/C15H24N2O3S/c1-3-12-4-6-15(20,7-5-12)10-16-13(18)8-17-11(2)9-21-14(17)19/h9,12,20H,3-8,10H2,1-2H3,(H,16,18). The van der Waals surface area contributed by atoms with Crippen LogP contribution in [0, 0.1) is 12.8 Å². The molecule has 2 rings (SSSR count). The first kappa shape index (κ1) is 16.2. The minimum absolute atomic E-state index is 0.0296. The van der Waals surface area contributed by atoms with Crippen molar-refractivity contribution in [3.8, 4) is 0 Å². The molecule has 6 heteroatoms. The maximum Gasteiger partial charge on any atom is 0.307 e. The van der Waals surface area contributed by atoms with E-state index in [0.29, 0.717) is 5.92 Å². The molecular formula is C15H24N2O3S. The molecule has 0 bridgehead atoms. The summed E-state index contributed by atoms with van der Waals surface area (Å²) < 4.78 is 1.46. The van der Waals surface area contributed by atoms with Gasteiger partial charge in [-0.25, -0.2) is 0 Å². The van der Waals surface area contributed by atoms with E-state index >= 15 is 0 Å². The van der Waals surface area contributed by atoms with Crippen LogP contribution in [-0.2, 0) is 11.3 Å². The average molecular weight is 312 g/mol. The largest absolute Gasteiger partial charge is 0.388 e. The van der Waals surface area contributed by atoms with Crippen LogP contribution in [0.25, 0.3) is 0 Å². The molecule has 0 saturated heterocycles. The monoisotopic (exact) mass is 312 g/mol. The Labute approximate surface area is 129 Å². The lowest BCUT2D eigenvalue weighted by Gasteiger charge is -2.35. The number of hydrogen-bond acceptors (Lipinski definition) is 4. The molecule has 1 fully saturated rings. The maximum absolute atomic E-state index is 11.9. The summed E-state index contributed by atoms with van der Waals surface area (Å²) in [4.78, 5) is 23.4. The maximum atomic E-state index is 11.9. The van der Waals surface area contributed by atoms with Crippen molar-refractivity contribution in [2.24, 2.45) is 5.92 Å². The van der Waals surface area contributed by atoms with Gasteiger partial charge < -0.3 is 10.4 Å². The number of nitrogens with zero attached hydrogens (tertiary/aromatic N) is 1. The van der Waals surface area contributed by atoms with E-state index in [-0.39, 0.29) is 23.9 Å². The predicted octanol–water partition coefficient (Wildman–Crippen LogP) is 1.67. The van der Waals surface area contributed by atoms with Crippen molar-refractivity contribution in [3.63, 3.8) is 0 Å². The van der Waals surface area contributed by atoms with Gasteiger partial charge in [0.1, 0.15) is 6.54 Å². The second-order valence-electron chi connectivity index (χ2n) is 6.08. The van der Waals surface area contributed by atoms with Gasteiger partial charge in [-0.3, -0.25) is 14.2 Å².